The summed E-state index contributed by atoms with van der Waals surface area (Å²) in [6, 6.07) is 10.7. The lowest BCUT2D eigenvalue weighted by molar-refractivity contribution is 0.482. The predicted octanol–water partition coefficient (Wildman–Crippen LogP) is 0.765. The lowest BCUT2D eigenvalue weighted by Crippen LogP contribution is -2.26. The number of aliphatic imine (C=N–C) groups is 2. The normalized spacial score (nSPS) is 11.4. The van der Waals surface area contributed by atoms with Crippen LogP contribution in [-0.4, -0.2) is 17.0 Å². The highest BCUT2D eigenvalue weighted by Crippen LogP contribution is 2.30. The molecule has 0 aromatic heterocycles. The summed E-state index contributed by atoms with van der Waals surface area (Å²) in [6.45, 7) is 0. The van der Waals surface area contributed by atoms with Gasteiger partial charge >= 0.3 is 0 Å². The molecule has 0 bridgehead atoms. The Labute approximate surface area is 103 Å². The monoisotopic (exact) mass is 243 g/mol. The minimum Gasteiger partial charge on any atom is -0.507 e. The van der Waals surface area contributed by atoms with E-state index >= 15 is 0 Å². The van der Waals surface area contributed by atoms with E-state index in [1.54, 1.807) is 6.07 Å². The van der Waals surface area contributed by atoms with Crippen molar-refractivity contribution in [3.05, 3.63) is 36.4 Å². The molecule has 0 fully saturated rings. The number of benzene rings is 2. The highest BCUT2D eigenvalue weighted by atomic mass is 16.3. The lowest BCUT2D eigenvalue weighted by Gasteiger charge is -2.03. The number of nitrogens with zero attached hydrogens (tertiary/aromatic N) is 2. The SMILES string of the molecule is NC(N)=NC(N)=Nc1cc(O)c2ccccc2c1. The summed E-state index contributed by atoms with van der Waals surface area (Å²) in [7, 11) is 0. The van der Waals surface area contributed by atoms with E-state index in [9.17, 15) is 5.11 Å². The Morgan fingerprint density at radius 3 is 2.50 bits per heavy atom. The minimum absolute atomic E-state index is 0.0651. The Hall–Kier alpha value is -2.76. The van der Waals surface area contributed by atoms with Crippen LogP contribution in [0.1, 0.15) is 0 Å². The molecule has 6 heteroatoms. The maximum Gasteiger partial charge on any atom is 0.223 e. The van der Waals surface area contributed by atoms with Crippen molar-refractivity contribution >= 4 is 28.4 Å². The molecule has 6 nitrogen and oxygen atoms in total. The molecule has 2 aromatic rings. The summed E-state index contributed by atoms with van der Waals surface area (Å²) in [5.41, 5.74) is 16.4. The molecule has 0 radical (unpaired) electrons. The Balaban J connectivity index is 2.50. The van der Waals surface area contributed by atoms with E-state index in [4.69, 9.17) is 17.2 Å². The third-order valence-corrected chi connectivity index (χ3v) is 2.31. The first-order chi connectivity index (χ1) is 8.56. The van der Waals surface area contributed by atoms with Crippen molar-refractivity contribution in [1.82, 2.24) is 0 Å². The van der Waals surface area contributed by atoms with E-state index in [0.717, 1.165) is 10.8 Å². The number of phenols is 1. The minimum atomic E-state index is -0.165. The molecule has 0 aliphatic heterocycles. The summed E-state index contributed by atoms with van der Waals surface area (Å²) in [4.78, 5) is 7.60. The quantitative estimate of drug-likeness (QED) is 0.436. The van der Waals surface area contributed by atoms with Gasteiger partial charge in [-0.3, -0.25) is 0 Å². The van der Waals surface area contributed by atoms with Crippen LogP contribution in [-0.2, 0) is 0 Å². The van der Waals surface area contributed by atoms with Gasteiger partial charge in [0.05, 0.1) is 5.69 Å². The largest absolute Gasteiger partial charge is 0.507 e. The molecule has 2 rings (SSSR count). The van der Waals surface area contributed by atoms with Gasteiger partial charge in [-0.1, -0.05) is 24.3 Å². The summed E-state index contributed by atoms with van der Waals surface area (Å²) in [6.07, 6.45) is 0. The molecule has 2 aromatic carbocycles. The van der Waals surface area contributed by atoms with Crippen molar-refractivity contribution in [3.63, 3.8) is 0 Å². The second-order valence-electron chi connectivity index (χ2n) is 3.69. The van der Waals surface area contributed by atoms with Crippen LogP contribution in [0.15, 0.2) is 46.4 Å². The summed E-state index contributed by atoms with van der Waals surface area (Å²) >= 11 is 0. The van der Waals surface area contributed by atoms with Gasteiger partial charge in [0.25, 0.3) is 0 Å². The lowest BCUT2D eigenvalue weighted by atomic mass is 10.1. The average molecular weight is 243 g/mol. The molecule has 0 unspecified atom stereocenters. The van der Waals surface area contributed by atoms with Crippen LogP contribution in [0, 0.1) is 0 Å². The van der Waals surface area contributed by atoms with E-state index in [1.165, 1.54) is 6.07 Å². The van der Waals surface area contributed by atoms with Crippen molar-refractivity contribution < 1.29 is 5.11 Å². The maximum absolute atomic E-state index is 9.85. The molecular weight excluding hydrogens is 230 g/mol. The zero-order valence-electron chi connectivity index (χ0n) is 9.54. The van der Waals surface area contributed by atoms with Gasteiger partial charge < -0.3 is 22.3 Å². The molecule has 0 atom stereocenters. The van der Waals surface area contributed by atoms with Crippen molar-refractivity contribution in [1.29, 1.82) is 0 Å². The number of guanidine groups is 2. The third kappa shape index (κ3) is 2.49. The van der Waals surface area contributed by atoms with Crippen LogP contribution >= 0.6 is 0 Å². The second kappa shape index (κ2) is 4.62. The molecule has 0 spiro atoms. The third-order valence-electron chi connectivity index (χ3n) is 2.31. The number of nitrogens with two attached hydrogens (primary N) is 3. The van der Waals surface area contributed by atoms with Crippen LogP contribution in [0.2, 0.25) is 0 Å². The first-order valence-corrected chi connectivity index (χ1v) is 5.22. The van der Waals surface area contributed by atoms with E-state index < -0.39 is 0 Å². The molecular formula is C12H13N5O. The predicted molar refractivity (Wildman–Crippen MR) is 72.7 cm³/mol. The van der Waals surface area contributed by atoms with Crippen molar-refractivity contribution in [2.45, 2.75) is 0 Å². The fraction of sp³-hybridized carbons (Fsp3) is 0. The molecule has 0 heterocycles. The van der Waals surface area contributed by atoms with E-state index in [0.29, 0.717) is 5.69 Å². The first kappa shape index (κ1) is 11.7. The summed E-state index contributed by atoms with van der Waals surface area (Å²) in [5, 5.41) is 11.5. The molecule has 0 amide bonds. The van der Waals surface area contributed by atoms with Gasteiger partial charge in [0.1, 0.15) is 5.75 Å². The first-order valence-electron chi connectivity index (χ1n) is 5.22. The smallest absolute Gasteiger partial charge is 0.223 e. The number of fused-ring (bicyclic) bond motifs is 1. The topological polar surface area (TPSA) is 123 Å². The molecule has 0 aliphatic carbocycles. The highest BCUT2D eigenvalue weighted by Gasteiger charge is 2.02. The molecule has 0 saturated carbocycles. The Morgan fingerprint density at radius 2 is 1.78 bits per heavy atom. The zero-order valence-corrected chi connectivity index (χ0v) is 9.54. The van der Waals surface area contributed by atoms with Crippen LogP contribution in [0.25, 0.3) is 10.8 Å². The molecule has 7 N–H and O–H groups in total. The zero-order chi connectivity index (χ0) is 13.1. The molecule has 92 valence electrons. The Kier molecular flexibility index (Phi) is 3.01. The number of phenolic OH excluding ortho intramolecular Hbond substituents is 1. The Morgan fingerprint density at radius 1 is 1.06 bits per heavy atom. The van der Waals surface area contributed by atoms with Gasteiger partial charge in [0.15, 0.2) is 5.96 Å². The van der Waals surface area contributed by atoms with Crippen LogP contribution in [0.4, 0.5) is 5.69 Å². The molecule has 0 saturated heterocycles. The molecule has 0 aliphatic rings. The molecule has 18 heavy (non-hydrogen) atoms. The van der Waals surface area contributed by atoms with Crippen molar-refractivity contribution in [3.8, 4) is 5.75 Å². The van der Waals surface area contributed by atoms with Gasteiger partial charge in [-0.25, -0.2) is 4.99 Å². The van der Waals surface area contributed by atoms with Gasteiger partial charge in [0.2, 0.25) is 5.96 Å². The maximum atomic E-state index is 9.85. The van der Waals surface area contributed by atoms with E-state index in [-0.39, 0.29) is 17.7 Å². The van der Waals surface area contributed by atoms with E-state index in [1.807, 2.05) is 24.3 Å². The van der Waals surface area contributed by atoms with Gasteiger partial charge in [-0.05, 0) is 11.5 Å². The summed E-state index contributed by atoms with van der Waals surface area (Å²) in [5.74, 6) is -0.102. The van der Waals surface area contributed by atoms with Gasteiger partial charge in [0, 0.05) is 11.5 Å². The number of hydrogen-bond acceptors (Lipinski definition) is 2. The van der Waals surface area contributed by atoms with Gasteiger partial charge in [-0.2, -0.15) is 4.99 Å². The second-order valence-corrected chi connectivity index (χ2v) is 3.69. The standard InChI is InChI=1S/C12H13N5O/c13-11(14)17-12(15)16-8-5-7-3-1-2-4-9(7)10(18)6-8/h1-6,18H,(H6,13,14,15,16,17). The number of aromatic hydroxyl groups is 1. The van der Waals surface area contributed by atoms with E-state index in [2.05, 4.69) is 9.98 Å². The van der Waals surface area contributed by atoms with Crippen LogP contribution < -0.4 is 17.2 Å². The number of hydrogen-bond donors (Lipinski definition) is 4. The fourth-order valence-electron chi connectivity index (χ4n) is 1.63. The van der Waals surface area contributed by atoms with Crippen molar-refractivity contribution in [2.75, 3.05) is 0 Å². The van der Waals surface area contributed by atoms with Crippen LogP contribution in [0.3, 0.4) is 0 Å². The van der Waals surface area contributed by atoms with Gasteiger partial charge in [-0.15, -0.1) is 0 Å². The number of rotatable bonds is 1. The summed E-state index contributed by atoms with van der Waals surface area (Å²) < 4.78 is 0. The fourth-order valence-corrected chi connectivity index (χ4v) is 1.63. The average Bonchev–Trinajstić information content (AvgIpc) is 2.27. The van der Waals surface area contributed by atoms with Crippen molar-refractivity contribution in [2.24, 2.45) is 27.2 Å². The van der Waals surface area contributed by atoms with Crippen LogP contribution in [0.5, 0.6) is 5.75 Å². The Bertz CT molecular complexity index is 644. The highest BCUT2D eigenvalue weighted by molar-refractivity contribution is 5.95.